The van der Waals surface area contributed by atoms with Crippen LogP contribution in [0.5, 0.6) is 5.75 Å². The lowest BCUT2D eigenvalue weighted by Crippen LogP contribution is -2.45. The van der Waals surface area contributed by atoms with Gasteiger partial charge >= 0.3 is 0 Å². The fraction of sp³-hybridized carbons (Fsp3) is 0.294. The van der Waals surface area contributed by atoms with Gasteiger partial charge in [0.1, 0.15) is 5.75 Å². The Hall–Kier alpha value is -4.72. The number of anilines is 1. The molecule has 1 aromatic heterocycles. The molecule has 0 unspecified atom stereocenters. The molecule has 1 fully saturated rings. The smallest absolute Gasteiger partial charge is 0.242 e. The summed E-state index contributed by atoms with van der Waals surface area (Å²) in [7, 11) is 1.65. The third kappa shape index (κ3) is 7.72. The third-order valence-electron chi connectivity index (χ3n) is 7.60. The minimum atomic E-state index is -0.0332. The quantitative estimate of drug-likeness (QED) is 0.283. The highest BCUT2D eigenvalue weighted by Gasteiger charge is 2.24. The predicted molar refractivity (Wildman–Crippen MR) is 164 cm³/mol. The molecule has 1 aliphatic heterocycles. The number of rotatable bonds is 10. The number of carbonyl (C=O) groups is 2. The molecule has 0 aliphatic carbocycles. The van der Waals surface area contributed by atoms with E-state index in [1.54, 1.807) is 12.0 Å². The summed E-state index contributed by atoms with van der Waals surface area (Å²) in [5.41, 5.74) is 3.86. The molecule has 0 radical (unpaired) electrons. The van der Waals surface area contributed by atoms with Crippen molar-refractivity contribution in [2.45, 2.75) is 19.3 Å². The van der Waals surface area contributed by atoms with Gasteiger partial charge in [0.2, 0.25) is 11.8 Å². The second kappa shape index (κ2) is 14.3. The first kappa shape index (κ1) is 28.8. The molecule has 1 aliphatic rings. The minimum Gasteiger partial charge on any atom is -0.497 e. The number of nitrogens with zero attached hydrogens (tertiary/aromatic N) is 5. The van der Waals surface area contributed by atoms with Gasteiger partial charge in [-0.05, 0) is 60.4 Å². The molecule has 8 heteroatoms. The van der Waals surface area contributed by atoms with Gasteiger partial charge in [-0.2, -0.15) is 0 Å². The average Bonchev–Trinajstić information content (AvgIpc) is 3.31. The van der Waals surface area contributed by atoms with Crippen LogP contribution < -0.4 is 9.64 Å². The molecule has 8 nitrogen and oxygen atoms in total. The number of hydrogen-bond donors (Lipinski definition) is 0. The van der Waals surface area contributed by atoms with Crippen LogP contribution in [0.3, 0.4) is 0 Å². The Morgan fingerprint density at radius 3 is 2.17 bits per heavy atom. The van der Waals surface area contributed by atoms with Crippen LogP contribution in [0.2, 0.25) is 0 Å². The number of aromatic nitrogens is 2. The number of hydrogen-bond acceptors (Lipinski definition) is 6. The van der Waals surface area contributed by atoms with Gasteiger partial charge in [0.25, 0.3) is 0 Å². The fourth-order valence-electron chi connectivity index (χ4n) is 5.15. The van der Waals surface area contributed by atoms with Crippen LogP contribution in [0.15, 0.2) is 97.1 Å². The summed E-state index contributed by atoms with van der Waals surface area (Å²) in [6, 6.07) is 31.5. The van der Waals surface area contributed by atoms with E-state index in [0.29, 0.717) is 32.6 Å². The molecule has 4 aromatic rings. The Kier molecular flexibility index (Phi) is 9.77. The molecule has 2 heterocycles. The molecule has 42 heavy (non-hydrogen) atoms. The van der Waals surface area contributed by atoms with Crippen molar-refractivity contribution in [3.63, 3.8) is 0 Å². The van der Waals surface area contributed by atoms with Gasteiger partial charge in [-0.1, -0.05) is 60.7 Å². The summed E-state index contributed by atoms with van der Waals surface area (Å²) in [5, 5.41) is 8.93. The van der Waals surface area contributed by atoms with Crippen LogP contribution in [-0.2, 0) is 22.4 Å². The van der Waals surface area contributed by atoms with E-state index < -0.39 is 0 Å². The molecular weight excluding hydrogens is 526 g/mol. The van der Waals surface area contributed by atoms with Gasteiger partial charge in [0, 0.05) is 38.3 Å². The van der Waals surface area contributed by atoms with E-state index in [-0.39, 0.29) is 24.8 Å². The first-order valence-corrected chi connectivity index (χ1v) is 14.5. The molecule has 2 amide bonds. The summed E-state index contributed by atoms with van der Waals surface area (Å²) < 4.78 is 5.24. The van der Waals surface area contributed by atoms with Crippen LogP contribution in [-0.4, -0.2) is 78.2 Å². The van der Waals surface area contributed by atoms with Crippen molar-refractivity contribution in [2.24, 2.45) is 0 Å². The van der Waals surface area contributed by atoms with Crippen LogP contribution >= 0.6 is 0 Å². The largest absolute Gasteiger partial charge is 0.497 e. The van der Waals surface area contributed by atoms with E-state index in [4.69, 9.17) is 4.74 Å². The standard InChI is InChI=1S/C34H37N5O3/c1-42-30-15-13-29(14-16-30)31-17-18-32(36-35-31)37-20-8-21-38(24-23-37)34(41)26-39(22-19-27-9-4-2-5-10-27)33(40)25-28-11-6-3-7-12-28/h2-7,9-18H,8,19-26H2,1H3. The van der Waals surface area contributed by atoms with Crippen LogP contribution in [0.4, 0.5) is 5.82 Å². The Morgan fingerprint density at radius 1 is 0.786 bits per heavy atom. The second-order valence-corrected chi connectivity index (χ2v) is 10.4. The maximum Gasteiger partial charge on any atom is 0.242 e. The van der Waals surface area contributed by atoms with Gasteiger partial charge in [0.05, 0.1) is 25.8 Å². The summed E-state index contributed by atoms with van der Waals surface area (Å²) >= 11 is 0. The van der Waals surface area contributed by atoms with E-state index in [1.165, 1.54) is 0 Å². The lowest BCUT2D eigenvalue weighted by molar-refractivity contribution is -0.140. The number of benzene rings is 3. The first-order chi connectivity index (χ1) is 20.6. The molecule has 3 aromatic carbocycles. The molecule has 0 saturated carbocycles. The normalized spacial score (nSPS) is 13.4. The fourth-order valence-corrected chi connectivity index (χ4v) is 5.15. The maximum absolute atomic E-state index is 13.5. The average molecular weight is 564 g/mol. The van der Waals surface area contributed by atoms with Crippen molar-refractivity contribution in [3.05, 3.63) is 108 Å². The van der Waals surface area contributed by atoms with Crippen molar-refractivity contribution in [2.75, 3.05) is 51.3 Å². The summed E-state index contributed by atoms with van der Waals surface area (Å²) in [6.07, 6.45) is 1.80. The highest BCUT2D eigenvalue weighted by atomic mass is 16.5. The summed E-state index contributed by atoms with van der Waals surface area (Å²) in [4.78, 5) is 32.6. The molecule has 0 bridgehead atoms. The van der Waals surface area contributed by atoms with E-state index >= 15 is 0 Å². The summed E-state index contributed by atoms with van der Waals surface area (Å²) in [6.45, 7) is 3.23. The van der Waals surface area contributed by atoms with Crippen molar-refractivity contribution in [1.29, 1.82) is 0 Å². The van der Waals surface area contributed by atoms with E-state index in [0.717, 1.165) is 46.9 Å². The number of methoxy groups -OCH3 is 1. The van der Waals surface area contributed by atoms with E-state index in [1.807, 2.05) is 89.8 Å². The number of carbonyl (C=O) groups excluding carboxylic acids is 2. The molecule has 0 spiro atoms. The lowest BCUT2D eigenvalue weighted by atomic mass is 10.1. The zero-order chi connectivity index (χ0) is 29.1. The molecular formula is C34H37N5O3. The molecule has 0 atom stereocenters. The van der Waals surface area contributed by atoms with Crippen LogP contribution in [0.1, 0.15) is 17.5 Å². The van der Waals surface area contributed by atoms with Gasteiger partial charge in [0.15, 0.2) is 5.82 Å². The Morgan fingerprint density at radius 2 is 1.50 bits per heavy atom. The topological polar surface area (TPSA) is 78.9 Å². The van der Waals surface area contributed by atoms with Crippen molar-refractivity contribution in [1.82, 2.24) is 20.0 Å². The van der Waals surface area contributed by atoms with Gasteiger partial charge in [-0.3, -0.25) is 9.59 Å². The molecule has 0 N–H and O–H groups in total. The van der Waals surface area contributed by atoms with Crippen molar-refractivity contribution < 1.29 is 14.3 Å². The Balaban J connectivity index is 1.20. The molecule has 5 rings (SSSR count). The number of amides is 2. The first-order valence-electron chi connectivity index (χ1n) is 14.5. The highest BCUT2D eigenvalue weighted by molar-refractivity contribution is 5.86. The molecule has 216 valence electrons. The zero-order valence-electron chi connectivity index (χ0n) is 24.1. The Labute approximate surface area is 247 Å². The maximum atomic E-state index is 13.5. The zero-order valence-corrected chi connectivity index (χ0v) is 24.1. The minimum absolute atomic E-state index is 0.0211. The third-order valence-corrected chi connectivity index (χ3v) is 7.60. The lowest BCUT2D eigenvalue weighted by Gasteiger charge is -2.27. The van der Waals surface area contributed by atoms with Crippen LogP contribution in [0.25, 0.3) is 11.3 Å². The Bertz CT molecular complexity index is 1430. The number of ether oxygens (including phenoxy) is 1. The summed E-state index contributed by atoms with van der Waals surface area (Å²) in [5.74, 6) is 1.54. The van der Waals surface area contributed by atoms with E-state index in [2.05, 4.69) is 27.2 Å². The van der Waals surface area contributed by atoms with Gasteiger partial charge < -0.3 is 19.4 Å². The van der Waals surface area contributed by atoms with Crippen LogP contribution in [0, 0.1) is 0 Å². The van der Waals surface area contributed by atoms with E-state index in [9.17, 15) is 9.59 Å². The second-order valence-electron chi connectivity index (χ2n) is 10.4. The van der Waals surface area contributed by atoms with Gasteiger partial charge in [-0.15, -0.1) is 10.2 Å². The monoisotopic (exact) mass is 563 g/mol. The highest BCUT2D eigenvalue weighted by Crippen LogP contribution is 2.22. The van der Waals surface area contributed by atoms with Gasteiger partial charge in [-0.25, -0.2) is 0 Å². The van der Waals surface area contributed by atoms with Crippen molar-refractivity contribution >= 4 is 17.6 Å². The SMILES string of the molecule is COc1ccc(-c2ccc(N3CCCN(C(=O)CN(CCc4ccccc4)C(=O)Cc4ccccc4)CC3)nn2)cc1. The molecule has 1 saturated heterocycles. The predicted octanol–water partition coefficient (Wildman–Crippen LogP) is 4.50. The van der Waals surface area contributed by atoms with Crippen molar-refractivity contribution in [3.8, 4) is 17.0 Å².